The zero-order chi connectivity index (χ0) is 19.0. The van der Waals surface area contributed by atoms with Crippen molar-refractivity contribution in [1.29, 1.82) is 0 Å². The fourth-order valence-corrected chi connectivity index (χ4v) is 4.10. The van der Waals surface area contributed by atoms with Crippen molar-refractivity contribution in [2.24, 2.45) is 5.10 Å². The predicted molar refractivity (Wildman–Crippen MR) is 110 cm³/mol. The molecule has 0 fully saturated rings. The fraction of sp³-hybridized carbons (Fsp3) is 0.0588. The van der Waals surface area contributed by atoms with Gasteiger partial charge in [0.25, 0.3) is 5.95 Å². The summed E-state index contributed by atoms with van der Waals surface area (Å²) >= 11 is 6.68. The van der Waals surface area contributed by atoms with Gasteiger partial charge in [-0.2, -0.15) is 10.1 Å². The van der Waals surface area contributed by atoms with Crippen LogP contribution < -0.4 is 10.2 Å². The van der Waals surface area contributed by atoms with Crippen molar-refractivity contribution in [3.8, 4) is 11.5 Å². The highest BCUT2D eigenvalue weighted by atomic mass is 79.9. The highest BCUT2D eigenvalue weighted by Gasteiger charge is 2.14. The Morgan fingerprint density at radius 1 is 1.26 bits per heavy atom. The molecule has 10 heteroatoms. The molecule has 0 aliphatic rings. The lowest BCUT2D eigenvalue weighted by Crippen LogP contribution is -1.99. The largest absolute Gasteiger partial charge is 0.506 e. The first-order valence-electron chi connectivity index (χ1n) is 7.73. The van der Waals surface area contributed by atoms with Crippen LogP contribution in [0, 0.1) is 0 Å². The van der Waals surface area contributed by atoms with Crippen LogP contribution in [0.25, 0.3) is 22.1 Å². The summed E-state index contributed by atoms with van der Waals surface area (Å²) in [6, 6.07) is 9.46. The maximum Gasteiger partial charge on any atom is 0.265 e. The van der Waals surface area contributed by atoms with Gasteiger partial charge in [-0.05, 0) is 44.0 Å². The van der Waals surface area contributed by atoms with Crippen LogP contribution in [0.4, 0.5) is 5.95 Å². The first-order chi connectivity index (χ1) is 13.1. The zero-order valence-corrected chi connectivity index (χ0v) is 17.0. The molecule has 2 aromatic heterocycles. The van der Waals surface area contributed by atoms with Gasteiger partial charge in [0.2, 0.25) is 0 Å². The van der Waals surface area contributed by atoms with Crippen molar-refractivity contribution in [2.45, 2.75) is 0 Å². The maximum absolute atomic E-state index is 10.2. The molecule has 0 saturated heterocycles. The number of nitrogens with one attached hydrogen (secondary N) is 2. The van der Waals surface area contributed by atoms with Gasteiger partial charge in [-0.1, -0.05) is 18.2 Å². The summed E-state index contributed by atoms with van der Waals surface area (Å²) < 4.78 is 6.31. The van der Waals surface area contributed by atoms with Crippen LogP contribution in [0.5, 0.6) is 11.5 Å². The molecule has 3 N–H and O–H groups in total. The van der Waals surface area contributed by atoms with Gasteiger partial charge in [0.05, 0.1) is 17.8 Å². The Kier molecular flexibility index (Phi) is 4.66. The summed E-state index contributed by atoms with van der Waals surface area (Å²) in [5.74, 6) is 0.733. The summed E-state index contributed by atoms with van der Waals surface area (Å²) in [6.45, 7) is 0. The Bertz CT molecular complexity index is 1190. The van der Waals surface area contributed by atoms with Gasteiger partial charge in [-0.15, -0.1) is 10.2 Å². The van der Waals surface area contributed by atoms with Crippen LogP contribution in [-0.2, 0) is 0 Å². The highest BCUT2D eigenvalue weighted by molar-refractivity contribution is 9.11. The first-order valence-corrected chi connectivity index (χ1v) is 9.32. The number of hydrogen-bond acceptors (Lipinski definition) is 7. The first kappa shape index (κ1) is 17.7. The van der Waals surface area contributed by atoms with Gasteiger partial charge >= 0.3 is 0 Å². The number of aromatic amines is 1. The average molecular weight is 492 g/mol. The lowest BCUT2D eigenvalue weighted by Gasteiger charge is -2.09. The molecule has 0 spiro atoms. The number of rotatable bonds is 4. The third kappa shape index (κ3) is 3.21. The van der Waals surface area contributed by atoms with Crippen molar-refractivity contribution in [3.63, 3.8) is 0 Å². The number of para-hydroxylation sites is 1. The molecule has 0 unspecified atom stereocenters. The van der Waals surface area contributed by atoms with E-state index in [2.05, 4.69) is 62.6 Å². The zero-order valence-electron chi connectivity index (χ0n) is 13.9. The van der Waals surface area contributed by atoms with E-state index < -0.39 is 0 Å². The molecule has 0 amide bonds. The standard InChI is InChI=1S/C17H12Br2N6O2/c1-27-15-10(18)6-8(14(26)12(15)19)7-20-24-17-22-16-13(23-25-17)9-4-2-3-5-11(9)21-16/h2-7,26H,1H3,(H2,21,22,24,25)/b20-7-. The van der Waals surface area contributed by atoms with Crippen LogP contribution >= 0.6 is 31.9 Å². The number of H-pyrrole nitrogens is 1. The number of hydrazone groups is 1. The van der Waals surface area contributed by atoms with Gasteiger partial charge in [0, 0.05) is 16.5 Å². The van der Waals surface area contributed by atoms with E-state index in [9.17, 15) is 5.11 Å². The number of fused-ring (bicyclic) bond motifs is 3. The molecule has 2 heterocycles. The monoisotopic (exact) mass is 490 g/mol. The minimum Gasteiger partial charge on any atom is -0.506 e. The summed E-state index contributed by atoms with van der Waals surface area (Å²) in [6.07, 6.45) is 1.45. The molecule has 4 rings (SSSR count). The average Bonchev–Trinajstić information content (AvgIpc) is 3.04. The number of nitrogens with zero attached hydrogens (tertiary/aromatic N) is 4. The van der Waals surface area contributed by atoms with E-state index in [1.54, 1.807) is 6.07 Å². The van der Waals surface area contributed by atoms with E-state index in [4.69, 9.17) is 4.74 Å². The van der Waals surface area contributed by atoms with Crippen molar-refractivity contribution < 1.29 is 9.84 Å². The topological polar surface area (TPSA) is 108 Å². The van der Waals surface area contributed by atoms with E-state index >= 15 is 0 Å². The number of ether oxygens (including phenoxy) is 1. The fourth-order valence-electron chi connectivity index (χ4n) is 2.62. The molecule has 0 atom stereocenters. The molecule has 0 saturated carbocycles. The molecule has 0 aliphatic carbocycles. The quantitative estimate of drug-likeness (QED) is 0.292. The van der Waals surface area contributed by atoms with E-state index in [1.807, 2.05) is 24.3 Å². The summed E-state index contributed by atoms with van der Waals surface area (Å²) in [7, 11) is 1.52. The number of halogens is 2. The molecular formula is C17H12Br2N6O2. The SMILES string of the molecule is COc1c(Br)cc(/C=N\Nc2nnc3c(n2)[nH]c2ccccc23)c(O)c1Br. The number of benzene rings is 2. The smallest absolute Gasteiger partial charge is 0.265 e. The second kappa shape index (κ2) is 7.12. The third-order valence-corrected chi connectivity index (χ3v) is 5.20. The van der Waals surface area contributed by atoms with Crippen LogP contribution in [0.1, 0.15) is 5.56 Å². The number of phenols is 1. The molecule has 27 heavy (non-hydrogen) atoms. The van der Waals surface area contributed by atoms with Gasteiger partial charge in [-0.3, -0.25) is 0 Å². The van der Waals surface area contributed by atoms with E-state index in [-0.39, 0.29) is 11.7 Å². The highest BCUT2D eigenvalue weighted by Crippen LogP contribution is 2.41. The second-order valence-electron chi connectivity index (χ2n) is 5.52. The molecule has 136 valence electrons. The molecule has 2 aromatic carbocycles. The van der Waals surface area contributed by atoms with Crippen molar-refractivity contribution in [2.75, 3.05) is 12.5 Å². The normalized spacial score (nSPS) is 11.5. The lowest BCUT2D eigenvalue weighted by atomic mass is 10.2. The Balaban J connectivity index is 1.61. The predicted octanol–water partition coefficient (Wildman–Crippen LogP) is 4.19. The number of methoxy groups -OCH3 is 1. The van der Waals surface area contributed by atoms with Gasteiger partial charge in [0.1, 0.15) is 15.7 Å². The van der Waals surface area contributed by atoms with E-state index in [1.165, 1.54) is 13.3 Å². The van der Waals surface area contributed by atoms with Crippen LogP contribution in [0.3, 0.4) is 0 Å². The third-order valence-electron chi connectivity index (χ3n) is 3.87. The molecular weight excluding hydrogens is 480 g/mol. The Labute approximate surface area is 169 Å². The number of hydrogen-bond donors (Lipinski definition) is 3. The lowest BCUT2D eigenvalue weighted by molar-refractivity contribution is 0.400. The van der Waals surface area contributed by atoms with Crippen LogP contribution in [0.2, 0.25) is 0 Å². The Morgan fingerprint density at radius 3 is 2.89 bits per heavy atom. The van der Waals surface area contributed by atoms with Crippen molar-refractivity contribution in [1.82, 2.24) is 20.2 Å². The Morgan fingerprint density at radius 2 is 2.07 bits per heavy atom. The minimum atomic E-state index is 0.00529. The van der Waals surface area contributed by atoms with Crippen LogP contribution in [-0.4, -0.2) is 38.6 Å². The number of phenolic OH excluding ortho intramolecular Hbond substituents is 1. The summed E-state index contributed by atoms with van der Waals surface area (Å²) in [4.78, 5) is 7.56. The Hall–Kier alpha value is -2.72. The number of aromatic nitrogens is 4. The van der Waals surface area contributed by atoms with Gasteiger partial charge < -0.3 is 14.8 Å². The van der Waals surface area contributed by atoms with Crippen molar-refractivity contribution in [3.05, 3.63) is 44.8 Å². The van der Waals surface area contributed by atoms with Gasteiger partial charge in [0.15, 0.2) is 11.4 Å². The summed E-state index contributed by atoms with van der Waals surface area (Å²) in [5, 5.41) is 23.5. The number of aromatic hydroxyl groups is 1. The molecule has 4 aromatic rings. The van der Waals surface area contributed by atoms with Crippen molar-refractivity contribution >= 4 is 66.1 Å². The molecule has 8 nitrogen and oxygen atoms in total. The molecule has 0 aliphatic heterocycles. The molecule has 0 bridgehead atoms. The van der Waals surface area contributed by atoms with Gasteiger partial charge in [-0.25, -0.2) is 5.43 Å². The van der Waals surface area contributed by atoms with E-state index in [0.717, 1.165) is 10.9 Å². The number of anilines is 1. The second-order valence-corrected chi connectivity index (χ2v) is 7.16. The van der Waals surface area contributed by atoms with Crippen LogP contribution in [0.15, 0.2) is 44.4 Å². The summed E-state index contributed by atoms with van der Waals surface area (Å²) in [5.41, 5.74) is 5.44. The maximum atomic E-state index is 10.2. The molecule has 0 radical (unpaired) electrons. The van der Waals surface area contributed by atoms with E-state index in [0.29, 0.717) is 31.4 Å². The minimum absolute atomic E-state index is 0.00529.